The lowest BCUT2D eigenvalue weighted by Crippen LogP contribution is -2.55. The molecule has 156 valence electrons. The van der Waals surface area contributed by atoms with Gasteiger partial charge in [-0.05, 0) is 37.0 Å². The Morgan fingerprint density at radius 3 is 2.81 bits per heavy atom. The monoisotopic (exact) mass is 414 g/mol. The molecular formula is C22H22N8O. The van der Waals surface area contributed by atoms with Crippen LogP contribution in [0.4, 0.5) is 17.6 Å². The van der Waals surface area contributed by atoms with Crippen LogP contribution in [-0.4, -0.2) is 38.7 Å². The van der Waals surface area contributed by atoms with E-state index in [1.165, 1.54) is 12.8 Å². The molecule has 0 radical (unpaired) electrons. The standard InChI is InChI=1S/C22H22N8O/c23-12-14-3-1-2-13(8-14)9-16-10-19(26-20-11-17(28-29-20)15-4-5-15)27-22(25-16)30-7-6-18(30)21(24)31/h1-3,8,10-11,15,18H,4-7,9H2,(H2,24,31)(H2,25,26,27,28,29)/t18-/m0/s1. The third-order valence-electron chi connectivity index (χ3n) is 5.68. The first-order valence-corrected chi connectivity index (χ1v) is 10.3. The first-order valence-electron chi connectivity index (χ1n) is 10.3. The molecule has 1 saturated carbocycles. The number of carbonyl (C=O) groups is 1. The molecule has 1 aromatic carbocycles. The predicted molar refractivity (Wildman–Crippen MR) is 115 cm³/mol. The van der Waals surface area contributed by atoms with E-state index in [0.29, 0.717) is 48.5 Å². The highest BCUT2D eigenvalue weighted by atomic mass is 16.1. The van der Waals surface area contributed by atoms with Crippen molar-refractivity contribution in [2.75, 3.05) is 16.8 Å². The Labute approximate surface area is 179 Å². The molecular weight excluding hydrogens is 392 g/mol. The Morgan fingerprint density at radius 2 is 2.10 bits per heavy atom. The number of hydrogen-bond donors (Lipinski definition) is 3. The van der Waals surface area contributed by atoms with Crippen LogP contribution >= 0.6 is 0 Å². The van der Waals surface area contributed by atoms with Crippen molar-refractivity contribution >= 4 is 23.5 Å². The lowest BCUT2D eigenvalue weighted by molar-refractivity contribution is -0.120. The second-order valence-electron chi connectivity index (χ2n) is 8.04. The molecule has 9 nitrogen and oxygen atoms in total. The van der Waals surface area contributed by atoms with E-state index in [2.05, 4.69) is 31.6 Å². The van der Waals surface area contributed by atoms with Crippen molar-refractivity contribution in [1.29, 1.82) is 5.26 Å². The third kappa shape index (κ3) is 4.05. The normalized spacial score (nSPS) is 17.6. The number of benzene rings is 1. The van der Waals surface area contributed by atoms with E-state index in [9.17, 15) is 10.1 Å². The molecule has 2 fully saturated rings. The van der Waals surface area contributed by atoms with Gasteiger partial charge in [0.05, 0.1) is 17.3 Å². The Morgan fingerprint density at radius 1 is 1.23 bits per heavy atom. The Bertz CT molecular complexity index is 1180. The molecule has 1 atom stereocenters. The number of amides is 1. The van der Waals surface area contributed by atoms with Crippen LogP contribution in [0.25, 0.3) is 0 Å². The van der Waals surface area contributed by atoms with Crippen LogP contribution in [-0.2, 0) is 11.2 Å². The molecule has 1 aliphatic carbocycles. The predicted octanol–water partition coefficient (Wildman–Crippen LogP) is 2.35. The van der Waals surface area contributed by atoms with Crippen LogP contribution in [0, 0.1) is 11.3 Å². The molecule has 1 amide bonds. The van der Waals surface area contributed by atoms with Crippen LogP contribution in [0.3, 0.4) is 0 Å². The second kappa shape index (κ2) is 7.72. The lowest BCUT2D eigenvalue weighted by atomic mass is 10.0. The molecule has 0 unspecified atom stereocenters. The van der Waals surface area contributed by atoms with Gasteiger partial charge in [0.2, 0.25) is 11.9 Å². The third-order valence-corrected chi connectivity index (χ3v) is 5.68. The zero-order valence-electron chi connectivity index (χ0n) is 16.9. The fourth-order valence-electron chi connectivity index (χ4n) is 3.78. The first kappa shape index (κ1) is 19.1. The average Bonchev–Trinajstić information content (AvgIpc) is 3.46. The molecule has 0 bridgehead atoms. The molecule has 5 rings (SSSR count). The number of nitrogens with one attached hydrogen (secondary N) is 2. The summed E-state index contributed by atoms with van der Waals surface area (Å²) in [6.07, 6.45) is 3.60. The van der Waals surface area contributed by atoms with Gasteiger partial charge in [0.1, 0.15) is 11.9 Å². The molecule has 31 heavy (non-hydrogen) atoms. The number of H-pyrrole nitrogens is 1. The minimum Gasteiger partial charge on any atom is -0.368 e. The largest absolute Gasteiger partial charge is 0.368 e. The van der Waals surface area contributed by atoms with Crippen molar-refractivity contribution in [2.24, 2.45) is 5.73 Å². The van der Waals surface area contributed by atoms with Crippen LogP contribution in [0.2, 0.25) is 0 Å². The number of primary amides is 1. The highest BCUT2D eigenvalue weighted by molar-refractivity contribution is 5.84. The molecule has 2 aliphatic rings. The van der Waals surface area contributed by atoms with Crippen molar-refractivity contribution < 1.29 is 4.79 Å². The summed E-state index contributed by atoms with van der Waals surface area (Å²) in [7, 11) is 0. The molecule has 1 saturated heterocycles. The maximum absolute atomic E-state index is 11.7. The van der Waals surface area contributed by atoms with Gasteiger partial charge in [0, 0.05) is 36.7 Å². The highest BCUT2D eigenvalue weighted by Crippen LogP contribution is 2.39. The van der Waals surface area contributed by atoms with Crippen molar-refractivity contribution in [3.63, 3.8) is 0 Å². The van der Waals surface area contributed by atoms with Crippen molar-refractivity contribution in [3.8, 4) is 6.07 Å². The van der Waals surface area contributed by atoms with Gasteiger partial charge in [0.15, 0.2) is 5.82 Å². The molecule has 1 aliphatic heterocycles. The average molecular weight is 414 g/mol. The van der Waals surface area contributed by atoms with E-state index in [1.54, 1.807) is 6.07 Å². The van der Waals surface area contributed by atoms with E-state index in [0.717, 1.165) is 17.0 Å². The molecule has 3 heterocycles. The minimum absolute atomic E-state index is 0.377. The number of anilines is 3. The van der Waals surface area contributed by atoms with Crippen LogP contribution in [0.1, 0.15) is 47.7 Å². The Hall–Kier alpha value is -3.93. The van der Waals surface area contributed by atoms with E-state index in [-0.39, 0.29) is 5.91 Å². The van der Waals surface area contributed by atoms with Crippen molar-refractivity contribution in [1.82, 2.24) is 20.2 Å². The van der Waals surface area contributed by atoms with E-state index < -0.39 is 6.04 Å². The number of rotatable bonds is 7. The number of nitrogens with two attached hydrogens (primary N) is 1. The summed E-state index contributed by atoms with van der Waals surface area (Å²) in [5.41, 5.74) is 9.00. The Kier molecular flexibility index (Phi) is 4.75. The molecule has 2 aromatic heterocycles. The van der Waals surface area contributed by atoms with Crippen LogP contribution in [0.5, 0.6) is 0 Å². The van der Waals surface area contributed by atoms with Gasteiger partial charge in [-0.25, -0.2) is 4.98 Å². The maximum Gasteiger partial charge on any atom is 0.240 e. The van der Waals surface area contributed by atoms with Crippen molar-refractivity contribution in [2.45, 2.75) is 37.6 Å². The van der Waals surface area contributed by atoms with Gasteiger partial charge in [-0.3, -0.25) is 9.89 Å². The molecule has 0 spiro atoms. The van der Waals surface area contributed by atoms with Gasteiger partial charge in [-0.15, -0.1) is 0 Å². The summed E-state index contributed by atoms with van der Waals surface area (Å²) in [5, 5.41) is 19.8. The number of nitriles is 1. The fourth-order valence-corrected chi connectivity index (χ4v) is 3.78. The molecule has 9 heteroatoms. The lowest BCUT2D eigenvalue weighted by Gasteiger charge is -2.38. The topological polar surface area (TPSA) is 137 Å². The Balaban J connectivity index is 1.45. The number of carbonyl (C=O) groups excluding carboxylic acids is 1. The summed E-state index contributed by atoms with van der Waals surface area (Å²) < 4.78 is 0. The van der Waals surface area contributed by atoms with E-state index in [1.807, 2.05) is 35.2 Å². The zero-order valence-corrected chi connectivity index (χ0v) is 16.9. The van der Waals surface area contributed by atoms with E-state index in [4.69, 9.17) is 5.73 Å². The molecule has 3 aromatic rings. The number of hydrogen-bond acceptors (Lipinski definition) is 7. The van der Waals surface area contributed by atoms with Gasteiger partial charge in [-0.1, -0.05) is 12.1 Å². The van der Waals surface area contributed by atoms with Crippen molar-refractivity contribution in [3.05, 3.63) is 58.9 Å². The summed E-state index contributed by atoms with van der Waals surface area (Å²) >= 11 is 0. The highest BCUT2D eigenvalue weighted by Gasteiger charge is 2.35. The van der Waals surface area contributed by atoms with E-state index >= 15 is 0 Å². The van der Waals surface area contributed by atoms with Crippen LogP contribution < -0.4 is 16.0 Å². The summed E-state index contributed by atoms with van der Waals surface area (Å²) in [6.45, 7) is 0.675. The van der Waals surface area contributed by atoms with Gasteiger partial charge in [0.25, 0.3) is 0 Å². The summed E-state index contributed by atoms with van der Waals surface area (Å²) in [6, 6.07) is 13.1. The minimum atomic E-state index is -0.392. The van der Waals surface area contributed by atoms with Gasteiger partial charge >= 0.3 is 0 Å². The summed E-state index contributed by atoms with van der Waals surface area (Å²) in [5.74, 6) is 1.95. The SMILES string of the molecule is N#Cc1cccc(Cc2cc(Nc3cc(C4CC4)[nH]n3)nc(N3CC[C@H]3C(N)=O)n2)c1. The number of nitrogens with zero attached hydrogens (tertiary/aromatic N) is 5. The van der Waals surface area contributed by atoms with Crippen LogP contribution in [0.15, 0.2) is 36.4 Å². The maximum atomic E-state index is 11.7. The zero-order chi connectivity index (χ0) is 21.4. The van der Waals surface area contributed by atoms with Gasteiger partial charge < -0.3 is 16.0 Å². The quantitative estimate of drug-likeness (QED) is 0.540. The molecule has 4 N–H and O–H groups in total. The van der Waals surface area contributed by atoms with Gasteiger partial charge in [-0.2, -0.15) is 15.3 Å². The fraction of sp³-hybridized carbons (Fsp3) is 0.318. The summed E-state index contributed by atoms with van der Waals surface area (Å²) in [4.78, 5) is 22.8. The second-order valence-corrected chi connectivity index (χ2v) is 8.04. The smallest absolute Gasteiger partial charge is 0.240 e. The first-order chi connectivity index (χ1) is 15.1. The number of aromatic amines is 1. The number of aromatic nitrogens is 4.